The molecule has 232 valence electrons. The zero-order valence-corrected chi connectivity index (χ0v) is 28.2. The first-order chi connectivity index (χ1) is 23.1. The summed E-state index contributed by atoms with van der Waals surface area (Å²) in [5, 5.41) is 16.7. The SMILES string of the molecule is CCC/C(=N\C)c1cc2c(C3=CC=CCC3)c3c4cccc5c(C/C=C\C=C/C(C)CC)ccc(c54)c3c3c4ccccc4c(c1)c23. The molecule has 1 nitrogen and oxygen atoms in total. The van der Waals surface area contributed by atoms with E-state index in [1.54, 1.807) is 0 Å². The highest BCUT2D eigenvalue weighted by Crippen LogP contribution is 2.53. The molecule has 0 radical (unpaired) electrons. The largest absolute Gasteiger partial charge is 0.292 e. The van der Waals surface area contributed by atoms with Gasteiger partial charge in [0, 0.05) is 12.8 Å². The molecule has 7 aromatic rings. The zero-order chi connectivity index (χ0) is 32.1. The van der Waals surface area contributed by atoms with E-state index in [2.05, 4.69) is 130 Å². The fourth-order valence-electron chi connectivity index (χ4n) is 8.23. The summed E-state index contributed by atoms with van der Waals surface area (Å²) in [5.41, 5.74) is 6.72. The van der Waals surface area contributed by atoms with Gasteiger partial charge in [-0.25, -0.2) is 0 Å². The van der Waals surface area contributed by atoms with Crippen molar-refractivity contribution in [2.45, 2.75) is 59.3 Å². The van der Waals surface area contributed by atoms with Crippen LogP contribution in [0.15, 0.2) is 114 Å². The first kappa shape index (κ1) is 29.6. The molecule has 1 unspecified atom stereocenters. The van der Waals surface area contributed by atoms with Gasteiger partial charge in [-0.05, 0) is 131 Å². The average Bonchev–Trinajstić information content (AvgIpc) is 3.62. The van der Waals surface area contributed by atoms with Crippen LogP contribution in [0.2, 0.25) is 0 Å². The standard InChI is InChI=1S/C46H43N/c1-5-16-40(47-4)32-27-38-34-21-13-14-22-35(34)44-43(38)39(28-32)41(31-19-11-8-12-20-31)45-36-24-15-23-33-30(18-10-7-9-17-29(3)6-2)25-26-37(42(33)36)46(44)45/h7-11,13-15,17,19,21-29H,5-6,12,16,18,20H2,1-4H3/b10-7-,17-9-,47-40+. The van der Waals surface area contributed by atoms with Crippen LogP contribution in [-0.2, 0) is 6.42 Å². The molecule has 0 N–H and O–H groups in total. The lowest BCUT2D eigenvalue weighted by Crippen LogP contribution is -2.01. The van der Waals surface area contributed by atoms with Crippen molar-refractivity contribution in [1.82, 2.24) is 0 Å². The minimum absolute atomic E-state index is 0.612. The van der Waals surface area contributed by atoms with Crippen LogP contribution in [0.4, 0.5) is 0 Å². The minimum atomic E-state index is 0.612. The molecule has 0 aliphatic heterocycles. The van der Waals surface area contributed by atoms with Crippen molar-refractivity contribution in [3.63, 3.8) is 0 Å². The minimum Gasteiger partial charge on any atom is -0.292 e. The van der Waals surface area contributed by atoms with Gasteiger partial charge in [0.1, 0.15) is 0 Å². The normalized spacial score (nSPS) is 15.3. The maximum absolute atomic E-state index is 4.82. The van der Waals surface area contributed by atoms with E-state index in [-0.39, 0.29) is 0 Å². The molecule has 47 heavy (non-hydrogen) atoms. The number of rotatable bonds is 9. The van der Waals surface area contributed by atoms with E-state index in [1.807, 2.05) is 7.05 Å². The summed E-state index contributed by atoms with van der Waals surface area (Å²) >= 11 is 0. The van der Waals surface area contributed by atoms with Gasteiger partial charge in [-0.3, -0.25) is 4.99 Å². The van der Waals surface area contributed by atoms with Crippen LogP contribution in [0.25, 0.3) is 70.2 Å². The van der Waals surface area contributed by atoms with Crippen molar-refractivity contribution in [1.29, 1.82) is 0 Å². The first-order valence-electron chi connectivity index (χ1n) is 17.6. The summed E-state index contributed by atoms with van der Waals surface area (Å²) in [5.74, 6) is 0.612. The Labute approximate surface area is 278 Å². The van der Waals surface area contributed by atoms with Gasteiger partial charge in [-0.2, -0.15) is 0 Å². The molecular formula is C46H43N. The predicted octanol–water partition coefficient (Wildman–Crippen LogP) is 13.1. The van der Waals surface area contributed by atoms with Gasteiger partial charge in [-0.1, -0.05) is 131 Å². The highest BCUT2D eigenvalue weighted by atomic mass is 14.7. The van der Waals surface area contributed by atoms with Gasteiger partial charge in [0.2, 0.25) is 0 Å². The van der Waals surface area contributed by atoms with Gasteiger partial charge in [-0.15, -0.1) is 0 Å². The molecule has 0 saturated carbocycles. The summed E-state index contributed by atoms with van der Waals surface area (Å²) in [6.07, 6.45) is 22.3. The highest BCUT2D eigenvalue weighted by molar-refractivity contribution is 6.47. The van der Waals surface area contributed by atoms with Crippen LogP contribution in [0.5, 0.6) is 0 Å². The molecule has 1 atom stereocenters. The summed E-state index contributed by atoms with van der Waals surface area (Å²) in [7, 11) is 1.96. The van der Waals surface area contributed by atoms with Crippen molar-refractivity contribution < 1.29 is 0 Å². The van der Waals surface area contributed by atoms with Crippen LogP contribution in [0.1, 0.15) is 69.6 Å². The maximum Gasteiger partial charge on any atom is 0.0417 e. The Morgan fingerprint density at radius 3 is 2.32 bits per heavy atom. The second-order valence-electron chi connectivity index (χ2n) is 13.5. The summed E-state index contributed by atoms with van der Waals surface area (Å²) in [6, 6.07) is 25.8. The lowest BCUT2D eigenvalue weighted by molar-refractivity contribution is 0.698. The Morgan fingerprint density at radius 1 is 0.766 bits per heavy atom. The predicted molar refractivity (Wildman–Crippen MR) is 209 cm³/mol. The number of allylic oxidation sites excluding steroid dienone is 8. The molecule has 0 bridgehead atoms. The maximum atomic E-state index is 4.82. The van der Waals surface area contributed by atoms with Gasteiger partial charge < -0.3 is 0 Å². The highest BCUT2D eigenvalue weighted by Gasteiger charge is 2.26. The fourth-order valence-corrected chi connectivity index (χ4v) is 8.23. The number of hydrogen-bond donors (Lipinski definition) is 0. The molecule has 7 aromatic carbocycles. The summed E-state index contributed by atoms with van der Waals surface area (Å²) < 4.78 is 0. The number of aliphatic imine (C=N–C) groups is 1. The van der Waals surface area contributed by atoms with Crippen LogP contribution < -0.4 is 0 Å². The lowest BCUT2D eigenvalue weighted by Gasteiger charge is -2.18. The third-order valence-corrected chi connectivity index (χ3v) is 10.7. The number of hydrogen-bond acceptors (Lipinski definition) is 1. The van der Waals surface area contributed by atoms with E-state index < -0.39 is 0 Å². The molecule has 0 spiro atoms. The molecule has 1 heteroatoms. The monoisotopic (exact) mass is 609 g/mol. The second kappa shape index (κ2) is 12.1. The van der Waals surface area contributed by atoms with E-state index >= 15 is 0 Å². The zero-order valence-electron chi connectivity index (χ0n) is 28.2. The molecule has 0 saturated heterocycles. The van der Waals surface area contributed by atoms with Crippen molar-refractivity contribution in [3.8, 4) is 0 Å². The van der Waals surface area contributed by atoms with E-state index in [4.69, 9.17) is 4.99 Å². The van der Waals surface area contributed by atoms with Crippen molar-refractivity contribution in [2.75, 3.05) is 7.05 Å². The van der Waals surface area contributed by atoms with Crippen molar-refractivity contribution >= 4 is 75.9 Å². The summed E-state index contributed by atoms with van der Waals surface area (Å²) in [6.45, 7) is 6.77. The molecular weight excluding hydrogens is 567 g/mol. The van der Waals surface area contributed by atoms with Crippen LogP contribution in [0, 0.1) is 5.92 Å². The first-order valence-corrected chi connectivity index (χ1v) is 17.6. The average molecular weight is 610 g/mol. The number of benzene rings is 5. The van der Waals surface area contributed by atoms with E-state index in [1.165, 1.54) is 99.0 Å². The fraction of sp³-hybridized carbons (Fsp3) is 0.239. The molecule has 0 heterocycles. The smallest absolute Gasteiger partial charge is 0.0417 e. The van der Waals surface area contributed by atoms with Crippen LogP contribution in [-0.4, -0.2) is 12.8 Å². The number of fused-ring (bicyclic) bond motifs is 7. The molecule has 0 fully saturated rings. The summed E-state index contributed by atoms with van der Waals surface area (Å²) in [4.78, 5) is 4.82. The Balaban J connectivity index is 1.51. The Morgan fingerprint density at radius 2 is 1.53 bits per heavy atom. The van der Waals surface area contributed by atoms with Gasteiger partial charge >= 0.3 is 0 Å². The molecule has 1 aliphatic carbocycles. The Bertz CT molecular complexity index is 2440. The molecule has 0 aromatic heterocycles. The van der Waals surface area contributed by atoms with Gasteiger partial charge in [0.15, 0.2) is 0 Å². The molecule has 8 rings (SSSR count). The quantitative estimate of drug-likeness (QED) is 0.114. The third kappa shape index (κ3) is 4.70. The topological polar surface area (TPSA) is 12.4 Å². The third-order valence-electron chi connectivity index (χ3n) is 10.7. The second-order valence-corrected chi connectivity index (χ2v) is 13.5. The Hall–Kier alpha value is -4.75. The molecule has 1 aliphatic rings. The van der Waals surface area contributed by atoms with Crippen molar-refractivity contribution in [3.05, 3.63) is 126 Å². The van der Waals surface area contributed by atoms with E-state index in [0.717, 1.165) is 32.1 Å². The van der Waals surface area contributed by atoms with Crippen molar-refractivity contribution in [2.24, 2.45) is 10.9 Å². The van der Waals surface area contributed by atoms with E-state index in [9.17, 15) is 0 Å². The van der Waals surface area contributed by atoms with E-state index in [0.29, 0.717) is 5.92 Å². The Kier molecular flexibility index (Phi) is 7.64. The van der Waals surface area contributed by atoms with Crippen LogP contribution in [0.3, 0.4) is 0 Å². The lowest BCUT2D eigenvalue weighted by atomic mass is 9.86. The van der Waals surface area contributed by atoms with Crippen LogP contribution >= 0.6 is 0 Å². The van der Waals surface area contributed by atoms with Gasteiger partial charge in [0.25, 0.3) is 0 Å². The molecule has 0 amide bonds. The number of nitrogens with zero attached hydrogens (tertiary/aromatic N) is 1. The van der Waals surface area contributed by atoms with Gasteiger partial charge in [0.05, 0.1) is 0 Å².